The molecule has 3 N–H and O–H groups in total. The van der Waals surface area contributed by atoms with E-state index in [9.17, 15) is 9.90 Å². The Bertz CT molecular complexity index is 840. The lowest BCUT2D eigenvalue weighted by Crippen LogP contribution is -2.28. The monoisotopic (exact) mass is 348 g/mol. The highest BCUT2D eigenvalue weighted by Crippen LogP contribution is 2.29. The number of benzene rings is 2. The molecule has 1 unspecified atom stereocenters. The van der Waals surface area contributed by atoms with E-state index in [1.54, 1.807) is 30.3 Å². The van der Waals surface area contributed by atoms with Gasteiger partial charge in [-0.25, -0.2) is 0 Å². The summed E-state index contributed by atoms with van der Waals surface area (Å²) in [5.41, 5.74) is 1.90. The summed E-state index contributed by atoms with van der Waals surface area (Å²) in [5.74, 6) is -0.268. The van der Waals surface area contributed by atoms with Crippen LogP contribution in [0.15, 0.2) is 48.7 Å². The minimum Gasteiger partial charge on any atom is -0.386 e. The second-order valence-electron chi connectivity index (χ2n) is 5.14. The van der Waals surface area contributed by atoms with Gasteiger partial charge in [-0.15, -0.1) is 0 Å². The van der Waals surface area contributed by atoms with Gasteiger partial charge in [0.1, 0.15) is 0 Å². The number of hydrogen-bond acceptors (Lipinski definition) is 2. The molecule has 0 saturated heterocycles. The molecule has 2 aromatic carbocycles. The first-order valence-corrected chi connectivity index (χ1v) is 7.79. The number of halogens is 2. The van der Waals surface area contributed by atoms with E-state index in [0.29, 0.717) is 21.2 Å². The Morgan fingerprint density at radius 1 is 1.17 bits per heavy atom. The summed E-state index contributed by atoms with van der Waals surface area (Å²) in [6.45, 7) is 0.0213. The van der Waals surface area contributed by atoms with Crippen LogP contribution in [0.25, 0.3) is 10.9 Å². The van der Waals surface area contributed by atoms with Gasteiger partial charge in [0.2, 0.25) is 0 Å². The fraction of sp³-hybridized carbons (Fsp3) is 0.118. The third kappa shape index (κ3) is 3.34. The predicted octanol–water partition coefficient (Wildman–Crippen LogP) is 3.94. The average Bonchev–Trinajstić information content (AvgIpc) is 3.00. The van der Waals surface area contributed by atoms with E-state index >= 15 is 0 Å². The third-order valence-corrected chi connectivity index (χ3v) is 4.26. The van der Waals surface area contributed by atoms with E-state index in [-0.39, 0.29) is 12.5 Å². The SMILES string of the molecule is O=C(NCC(O)c1c(Cl)cccc1Cl)c1ccc2[nH]ccc2c1. The smallest absolute Gasteiger partial charge is 0.251 e. The summed E-state index contributed by atoms with van der Waals surface area (Å²) >= 11 is 12.1. The lowest BCUT2D eigenvalue weighted by molar-refractivity contribution is 0.0916. The minimum atomic E-state index is -0.976. The summed E-state index contributed by atoms with van der Waals surface area (Å²) in [4.78, 5) is 15.3. The number of carbonyl (C=O) groups excluding carboxylic acids is 1. The van der Waals surface area contributed by atoms with Crippen molar-refractivity contribution in [3.63, 3.8) is 0 Å². The molecular weight excluding hydrogens is 335 g/mol. The van der Waals surface area contributed by atoms with Crippen LogP contribution in [0.5, 0.6) is 0 Å². The van der Waals surface area contributed by atoms with Crippen LogP contribution in [0, 0.1) is 0 Å². The first-order chi connectivity index (χ1) is 11.1. The minimum absolute atomic E-state index is 0.0213. The van der Waals surface area contributed by atoms with Crippen molar-refractivity contribution in [1.82, 2.24) is 10.3 Å². The molecule has 3 aromatic rings. The summed E-state index contributed by atoms with van der Waals surface area (Å²) < 4.78 is 0. The molecule has 4 nitrogen and oxygen atoms in total. The average molecular weight is 349 g/mol. The highest BCUT2D eigenvalue weighted by Gasteiger charge is 2.17. The zero-order chi connectivity index (χ0) is 16.4. The van der Waals surface area contributed by atoms with Gasteiger partial charge < -0.3 is 15.4 Å². The van der Waals surface area contributed by atoms with Gasteiger partial charge in [-0.2, -0.15) is 0 Å². The zero-order valence-corrected chi connectivity index (χ0v) is 13.5. The second kappa shape index (κ2) is 6.62. The Hall–Kier alpha value is -2.01. The van der Waals surface area contributed by atoms with Crippen molar-refractivity contribution in [3.05, 3.63) is 69.8 Å². The number of nitrogens with one attached hydrogen (secondary N) is 2. The number of H-pyrrole nitrogens is 1. The normalized spacial score (nSPS) is 12.3. The fourth-order valence-corrected chi connectivity index (χ4v) is 3.07. The number of aromatic nitrogens is 1. The summed E-state index contributed by atoms with van der Waals surface area (Å²) in [6.07, 6.45) is 0.839. The Balaban J connectivity index is 1.71. The van der Waals surface area contributed by atoms with Gasteiger partial charge in [-0.05, 0) is 36.4 Å². The number of hydrogen-bond donors (Lipinski definition) is 3. The van der Waals surface area contributed by atoms with Gasteiger partial charge in [0.15, 0.2) is 0 Å². The highest BCUT2D eigenvalue weighted by atomic mass is 35.5. The zero-order valence-electron chi connectivity index (χ0n) is 12.0. The van der Waals surface area contributed by atoms with E-state index in [1.165, 1.54) is 0 Å². The van der Waals surface area contributed by atoms with Gasteiger partial charge in [0, 0.05) is 44.8 Å². The van der Waals surface area contributed by atoms with Crippen molar-refractivity contribution in [2.45, 2.75) is 6.10 Å². The topological polar surface area (TPSA) is 65.1 Å². The number of aromatic amines is 1. The van der Waals surface area contributed by atoms with E-state index in [4.69, 9.17) is 23.2 Å². The number of amides is 1. The molecule has 0 bridgehead atoms. The molecule has 0 aliphatic heterocycles. The maximum Gasteiger partial charge on any atom is 0.251 e. The summed E-state index contributed by atoms with van der Waals surface area (Å²) in [5, 5.41) is 14.6. The first-order valence-electron chi connectivity index (χ1n) is 7.03. The molecule has 1 amide bonds. The van der Waals surface area contributed by atoms with Crippen LogP contribution in [0.1, 0.15) is 22.0 Å². The molecule has 1 heterocycles. The van der Waals surface area contributed by atoms with Crippen LogP contribution >= 0.6 is 23.2 Å². The van der Waals surface area contributed by atoms with Crippen LogP contribution in [0.2, 0.25) is 10.0 Å². The summed E-state index contributed by atoms with van der Waals surface area (Å²) in [6, 6.07) is 12.2. The fourth-order valence-electron chi connectivity index (χ4n) is 2.42. The van der Waals surface area contributed by atoms with Crippen LogP contribution in [-0.2, 0) is 0 Å². The van der Waals surface area contributed by atoms with Crippen molar-refractivity contribution in [2.75, 3.05) is 6.54 Å². The molecule has 0 radical (unpaired) electrons. The maximum atomic E-state index is 12.2. The highest BCUT2D eigenvalue weighted by molar-refractivity contribution is 6.36. The molecular formula is C17H14Cl2N2O2. The van der Waals surface area contributed by atoms with E-state index in [2.05, 4.69) is 10.3 Å². The van der Waals surface area contributed by atoms with Crippen molar-refractivity contribution >= 4 is 40.0 Å². The van der Waals surface area contributed by atoms with Crippen LogP contribution in [0.4, 0.5) is 0 Å². The molecule has 1 aromatic heterocycles. The molecule has 0 fully saturated rings. The molecule has 23 heavy (non-hydrogen) atoms. The number of aliphatic hydroxyl groups excluding tert-OH is 1. The number of fused-ring (bicyclic) bond motifs is 1. The van der Waals surface area contributed by atoms with Gasteiger partial charge in [0.05, 0.1) is 6.10 Å². The maximum absolute atomic E-state index is 12.2. The Labute approximate surface area is 143 Å². The molecule has 0 saturated carbocycles. The van der Waals surface area contributed by atoms with E-state index in [1.807, 2.05) is 18.3 Å². The lowest BCUT2D eigenvalue weighted by Gasteiger charge is -2.15. The standard InChI is InChI=1S/C17H14Cl2N2O2/c18-12-2-1-3-13(19)16(12)15(22)9-21-17(23)11-4-5-14-10(8-11)6-7-20-14/h1-8,15,20,22H,9H2,(H,21,23). The second-order valence-corrected chi connectivity index (χ2v) is 5.96. The van der Waals surface area contributed by atoms with Gasteiger partial charge >= 0.3 is 0 Å². The van der Waals surface area contributed by atoms with Crippen molar-refractivity contribution < 1.29 is 9.90 Å². The molecule has 0 aliphatic carbocycles. The Morgan fingerprint density at radius 2 is 1.91 bits per heavy atom. The van der Waals surface area contributed by atoms with Crippen LogP contribution in [-0.4, -0.2) is 22.5 Å². The third-order valence-electron chi connectivity index (χ3n) is 3.60. The number of carbonyl (C=O) groups is 1. The van der Waals surface area contributed by atoms with E-state index < -0.39 is 6.10 Å². The van der Waals surface area contributed by atoms with Crippen molar-refractivity contribution in [2.24, 2.45) is 0 Å². The van der Waals surface area contributed by atoms with E-state index in [0.717, 1.165) is 10.9 Å². The first kappa shape index (κ1) is 15.9. The Morgan fingerprint density at radius 3 is 2.65 bits per heavy atom. The van der Waals surface area contributed by atoms with Gasteiger partial charge in [-0.3, -0.25) is 4.79 Å². The number of aliphatic hydroxyl groups is 1. The quantitative estimate of drug-likeness (QED) is 0.668. The molecule has 0 spiro atoms. The molecule has 6 heteroatoms. The molecule has 1 atom stereocenters. The molecule has 118 valence electrons. The Kier molecular flexibility index (Phi) is 4.57. The van der Waals surface area contributed by atoms with Crippen LogP contribution in [0.3, 0.4) is 0 Å². The van der Waals surface area contributed by atoms with Gasteiger partial charge in [-0.1, -0.05) is 29.3 Å². The number of rotatable bonds is 4. The summed E-state index contributed by atoms with van der Waals surface area (Å²) in [7, 11) is 0. The molecule has 0 aliphatic rings. The van der Waals surface area contributed by atoms with Crippen LogP contribution < -0.4 is 5.32 Å². The van der Waals surface area contributed by atoms with Crippen molar-refractivity contribution in [3.8, 4) is 0 Å². The van der Waals surface area contributed by atoms with Gasteiger partial charge in [0.25, 0.3) is 5.91 Å². The largest absolute Gasteiger partial charge is 0.386 e. The van der Waals surface area contributed by atoms with Crippen molar-refractivity contribution in [1.29, 1.82) is 0 Å². The predicted molar refractivity (Wildman–Crippen MR) is 92.1 cm³/mol. The lowest BCUT2D eigenvalue weighted by atomic mass is 10.1. The molecule has 3 rings (SSSR count).